The zero-order valence-electron chi connectivity index (χ0n) is 12.5. The molecule has 1 N–H and O–H groups in total. The number of nitrogens with zero attached hydrogens (tertiary/aromatic N) is 2. The van der Waals surface area contributed by atoms with Crippen LogP contribution in [0.1, 0.15) is 51.2 Å². The topological polar surface area (TPSA) is 58.4 Å². The van der Waals surface area contributed by atoms with Gasteiger partial charge >= 0.3 is 0 Å². The second kappa shape index (κ2) is 7.43. The zero-order valence-corrected chi connectivity index (χ0v) is 12.5. The van der Waals surface area contributed by atoms with Crippen molar-refractivity contribution >= 4 is 5.91 Å². The van der Waals surface area contributed by atoms with E-state index in [1.807, 2.05) is 6.92 Å². The van der Waals surface area contributed by atoms with Crippen LogP contribution in [0.3, 0.4) is 0 Å². The number of carbonyl (C=O) groups is 1. The fourth-order valence-corrected chi connectivity index (χ4v) is 2.74. The van der Waals surface area contributed by atoms with E-state index in [9.17, 15) is 4.79 Å². The highest BCUT2D eigenvalue weighted by atomic mass is 16.4. The minimum Gasteiger partial charge on any atom is -0.444 e. The average Bonchev–Trinajstić information content (AvgIpc) is 2.89. The molecule has 1 aromatic heterocycles. The molecule has 0 aromatic carbocycles. The van der Waals surface area contributed by atoms with E-state index >= 15 is 0 Å². The van der Waals surface area contributed by atoms with Gasteiger partial charge in [-0.15, -0.1) is 0 Å². The lowest BCUT2D eigenvalue weighted by Gasteiger charge is -2.34. The van der Waals surface area contributed by atoms with Gasteiger partial charge in [0.2, 0.25) is 11.8 Å². The van der Waals surface area contributed by atoms with E-state index in [2.05, 4.69) is 22.1 Å². The molecule has 20 heavy (non-hydrogen) atoms. The first kappa shape index (κ1) is 15.0. The minimum absolute atomic E-state index is 0.144. The minimum atomic E-state index is 0.144. The molecule has 5 nitrogen and oxygen atoms in total. The van der Waals surface area contributed by atoms with Gasteiger partial charge < -0.3 is 9.73 Å². The standard InChI is InChI=1S/C15H25N3O2/c1-3-13-10-17-15(20-13)11-18-8-6-5-7-12(18)9-14(19)16-4-2/h10,12H,3-9,11H2,1-2H3,(H,16,19). The number of likely N-dealkylation sites (tertiary alicyclic amines) is 1. The molecular formula is C15H25N3O2. The van der Waals surface area contributed by atoms with Crippen molar-refractivity contribution in [2.75, 3.05) is 13.1 Å². The first-order chi connectivity index (χ1) is 9.72. The summed E-state index contributed by atoms with van der Waals surface area (Å²) in [7, 11) is 0. The van der Waals surface area contributed by atoms with Crippen LogP contribution in [0, 0.1) is 0 Å². The molecule has 112 valence electrons. The second-order valence-electron chi connectivity index (χ2n) is 5.35. The van der Waals surface area contributed by atoms with Crippen LogP contribution in [-0.4, -0.2) is 34.9 Å². The first-order valence-corrected chi connectivity index (χ1v) is 7.67. The van der Waals surface area contributed by atoms with Crippen molar-refractivity contribution in [3.8, 4) is 0 Å². The molecule has 0 spiro atoms. The lowest BCUT2D eigenvalue weighted by molar-refractivity contribution is -0.122. The Hall–Kier alpha value is -1.36. The molecule has 2 rings (SSSR count). The third-order valence-electron chi connectivity index (χ3n) is 3.83. The molecule has 0 aliphatic carbocycles. The van der Waals surface area contributed by atoms with Crippen molar-refractivity contribution in [1.82, 2.24) is 15.2 Å². The van der Waals surface area contributed by atoms with Gasteiger partial charge in [-0.25, -0.2) is 4.98 Å². The van der Waals surface area contributed by atoms with Crippen LogP contribution >= 0.6 is 0 Å². The van der Waals surface area contributed by atoms with Crippen molar-refractivity contribution in [1.29, 1.82) is 0 Å². The Kier molecular flexibility index (Phi) is 5.59. The third kappa shape index (κ3) is 4.07. The Morgan fingerprint density at radius 1 is 1.50 bits per heavy atom. The molecule has 1 fully saturated rings. The summed E-state index contributed by atoms with van der Waals surface area (Å²) in [6, 6.07) is 0.312. The smallest absolute Gasteiger partial charge is 0.221 e. The number of hydrogen-bond donors (Lipinski definition) is 1. The third-order valence-corrected chi connectivity index (χ3v) is 3.83. The van der Waals surface area contributed by atoms with Crippen molar-refractivity contribution in [3.63, 3.8) is 0 Å². The lowest BCUT2D eigenvalue weighted by Crippen LogP contribution is -2.42. The van der Waals surface area contributed by atoms with Crippen LogP contribution in [0.4, 0.5) is 0 Å². The van der Waals surface area contributed by atoms with E-state index in [4.69, 9.17) is 4.42 Å². The van der Waals surface area contributed by atoms with Crippen LogP contribution in [0.15, 0.2) is 10.6 Å². The molecule has 1 unspecified atom stereocenters. The summed E-state index contributed by atoms with van der Waals surface area (Å²) in [6.45, 7) is 6.45. The normalized spacial score (nSPS) is 20.0. The highest BCUT2D eigenvalue weighted by molar-refractivity contribution is 5.76. The number of oxazole rings is 1. The van der Waals surface area contributed by atoms with Crippen molar-refractivity contribution in [2.24, 2.45) is 0 Å². The molecule has 0 saturated carbocycles. The molecule has 5 heteroatoms. The van der Waals surface area contributed by atoms with Crippen LogP contribution in [-0.2, 0) is 17.8 Å². The van der Waals surface area contributed by atoms with Gasteiger partial charge in [-0.1, -0.05) is 13.3 Å². The summed E-state index contributed by atoms with van der Waals surface area (Å²) in [6.07, 6.45) is 6.72. The average molecular weight is 279 g/mol. The van der Waals surface area contributed by atoms with E-state index in [0.717, 1.165) is 31.0 Å². The largest absolute Gasteiger partial charge is 0.444 e. The van der Waals surface area contributed by atoms with Crippen LogP contribution < -0.4 is 5.32 Å². The van der Waals surface area contributed by atoms with Gasteiger partial charge in [-0.3, -0.25) is 9.69 Å². The van der Waals surface area contributed by atoms with Gasteiger partial charge in [-0.05, 0) is 26.3 Å². The van der Waals surface area contributed by atoms with Crippen LogP contribution in [0.2, 0.25) is 0 Å². The number of hydrogen-bond acceptors (Lipinski definition) is 4. The van der Waals surface area contributed by atoms with Crippen LogP contribution in [0.5, 0.6) is 0 Å². The number of rotatable bonds is 6. The summed E-state index contributed by atoms with van der Waals surface area (Å²) < 4.78 is 5.68. The second-order valence-corrected chi connectivity index (χ2v) is 5.35. The number of piperidine rings is 1. The first-order valence-electron chi connectivity index (χ1n) is 7.67. The number of amides is 1. The Labute approximate surface area is 120 Å². The van der Waals surface area contributed by atoms with E-state index in [1.165, 1.54) is 12.8 Å². The number of aromatic nitrogens is 1. The predicted octanol–water partition coefficient (Wildman–Crippen LogP) is 2.12. The van der Waals surface area contributed by atoms with Gasteiger partial charge in [0.05, 0.1) is 12.7 Å². The maximum absolute atomic E-state index is 11.8. The molecule has 1 aromatic rings. The number of nitrogens with one attached hydrogen (secondary N) is 1. The Balaban J connectivity index is 1.94. The number of aryl methyl sites for hydroxylation is 1. The summed E-state index contributed by atoms with van der Waals surface area (Å²) in [5.74, 6) is 1.84. The highest BCUT2D eigenvalue weighted by Crippen LogP contribution is 2.22. The van der Waals surface area contributed by atoms with Gasteiger partial charge in [-0.2, -0.15) is 0 Å². The van der Waals surface area contributed by atoms with Crippen molar-refractivity contribution in [2.45, 2.75) is 58.5 Å². The molecule has 1 amide bonds. The summed E-state index contributed by atoms with van der Waals surface area (Å²) >= 11 is 0. The highest BCUT2D eigenvalue weighted by Gasteiger charge is 2.25. The van der Waals surface area contributed by atoms with Crippen molar-refractivity contribution < 1.29 is 9.21 Å². The zero-order chi connectivity index (χ0) is 14.4. The van der Waals surface area contributed by atoms with Crippen LogP contribution in [0.25, 0.3) is 0 Å². The quantitative estimate of drug-likeness (QED) is 0.866. The Morgan fingerprint density at radius 2 is 2.35 bits per heavy atom. The van der Waals surface area contributed by atoms with E-state index in [0.29, 0.717) is 25.6 Å². The summed E-state index contributed by atoms with van der Waals surface area (Å²) in [5, 5.41) is 2.89. The predicted molar refractivity (Wildman–Crippen MR) is 77.2 cm³/mol. The summed E-state index contributed by atoms with van der Waals surface area (Å²) in [5.41, 5.74) is 0. The molecule has 1 aliphatic heterocycles. The molecule has 1 atom stereocenters. The fraction of sp³-hybridized carbons (Fsp3) is 0.733. The SMILES string of the molecule is CCNC(=O)CC1CCCCN1Cc1ncc(CC)o1. The fourth-order valence-electron chi connectivity index (χ4n) is 2.74. The molecule has 1 saturated heterocycles. The lowest BCUT2D eigenvalue weighted by atomic mass is 9.99. The number of carbonyl (C=O) groups excluding carboxylic acids is 1. The van der Waals surface area contributed by atoms with Gasteiger partial charge in [0, 0.05) is 25.4 Å². The molecule has 2 heterocycles. The molecule has 0 bridgehead atoms. The van der Waals surface area contributed by atoms with E-state index in [-0.39, 0.29) is 5.91 Å². The maximum atomic E-state index is 11.8. The van der Waals surface area contributed by atoms with Gasteiger partial charge in [0.15, 0.2) is 0 Å². The Bertz CT molecular complexity index is 431. The molecular weight excluding hydrogens is 254 g/mol. The van der Waals surface area contributed by atoms with E-state index in [1.54, 1.807) is 6.20 Å². The monoisotopic (exact) mass is 279 g/mol. The molecule has 0 radical (unpaired) electrons. The van der Waals surface area contributed by atoms with E-state index < -0.39 is 0 Å². The van der Waals surface area contributed by atoms with Gasteiger partial charge in [0.1, 0.15) is 5.76 Å². The maximum Gasteiger partial charge on any atom is 0.221 e. The summed E-state index contributed by atoms with van der Waals surface area (Å²) in [4.78, 5) is 18.4. The molecule has 1 aliphatic rings. The van der Waals surface area contributed by atoms with Crippen molar-refractivity contribution in [3.05, 3.63) is 17.8 Å². The Morgan fingerprint density at radius 3 is 3.05 bits per heavy atom. The van der Waals surface area contributed by atoms with Gasteiger partial charge in [0.25, 0.3) is 0 Å².